The molecule has 0 aliphatic heterocycles. The van der Waals surface area contributed by atoms with Gasteiger partial charge in [0.25, 0.3) is 0 Å². The Morgan fingerprint density at radius 1 is 1.40 bits per heavy atom. The first-order valence-electron chi connectivity index (χ1n) is 4.70. The summed E-state index contributed by atoms with van der Waals surface area (Å²) < 4.78 is 0. The van der Waals surface area contributed by atoms with Crippen molar-refractivity contribution in [1.29, 1.82) is 5.26 Å². The Balaban J connectivity index is 2.21. The van der Waals surface area contributed by atoms with Crippen LogP contribution in [0.5, 0.6) is 0 Å². The van der Waals surface area contributed by atoms with Crippen LogP contribution in [0.4, 0.5) is 0 Å². The van der Waals surface area contributed by atoms with Gasteiger partial charge < -0.3 is 5.73 Å². The molecule has 0 saturated carbocycles. The normalized spacial score (nSPS) is 12.1. The molecule has 0 aliphatic carbocycles. The number of halogens is 1. The van der Waals surface area contributed by atoms with Crippen molar-refractivity contribution in [3.63, 3.8) is 0 Å². The molecule has 0 saturated heterocycles. The molecule has 80 valence electrons. The first-order valence-corrected chi connectivity index (χ1v) is 6.23. The second-order valence-corrected chi connectivity index (χ2v) is 4.74. The molecule has 0 bridgehead atoms. The lowest BCUT2D eigenvalue weighted by atomic mass is 10.2. The topological polar surface area (TPSA) is 49.8 Å². The van der Waals surface area contributed by atoms with Gasteiger partial charge in [0.05, 0.1) is 12.1 Å². The molecule has 2 nitrogen and oxygen atoms in total. The number of hydrogen-bond acceptors (Lipinski definition) is 3. The van der Waals surface area contributed by atoms with Crippen molar-refractivity contribution in [2.45, 2.75) is 18.2 Å². The van der Waals surface area contributed by atoms with Gasteiger partial charge in [-0.2, -0.15) is 17.0 Å². The smallest absolute Gasteiger partial charge is 0.0935 e. The fourth-order valence-corrected chi connectivity index (χ4v) is 2.16. The molecule has 1 aromatic rings. The van der Waals surface area contributed by atoms with Crippen LogP contribution < -0.4 is 5.73 Å². The van der Waals surface area contributed by atoms with Gasteiger partial charge in [0.15, 0.2) is 0 Å². The second kappa shape index (κ2) is 6.73. The van der Waals surface area contributed by atoms with Gasteiger partial charge in [0, 0.05) is 10.8 Å². The predicted octanol–water partition coefficient (Wildman–Crippen LogP) is 2.81. The van der Waals surface area contributed by atoms with E-state index in [0.29, 0.717) is 0 Å². The van der Waals surface area contributed by atoms with Crippen LogP contribution in [0.25, 0.3) is 0 Å². The zero-order valence-electron chi connectivity index (χ0n) is 8.32. The average molecular weight is 241 g/mol. The first kappa shape index (κ1) is 12.4. The molecule has 0 aromatic heterocycles. The number of rotatable bonds is 5. The first-order chi connectivity index (χ1) is 7.22. The van der Waals surface area contributed by atoms with Crippen LogP contribution in [-0.4, -0.2) is 11.8 Å². The summed E-state index contributed by atoms with van der Waals surface area (Å²) in [5.41, 5.74) is 6.73. The Morgan fingerprint density at radius 3 is 2.67 bits per heavy atom. The summed E-state index contributed by atoms with van der Waals surface area (Å²) in [7, 11) is 0. The van der Waals surface area contributed by atoms with Crippen molar-refractivity contribution in [3.05, 3.63) is 34.9 Å². The summed E-state index contributed by atoms with van der Waals surface area (Å²) >= 11 is 7.56. The van der Waals surface area contributed by atoms with Crippen LogP contribution >= 0.6 is 23.4 Å². The largest absolute Gasteiger partial charge is 0.316 e. The van der Waals surface area contributed by atoms with Gasteiger partial charge in [0.1, 0.15) is 0 Å². The molecular formula is C11H13ClN2S. The molecular weight excluding hydrogens is 228 g/mol. The number of nitrogens with zero attached hydrogens (tertiary/aromatic N) is 1. The third-order valence-electron chi connectivity index (χ3n) is 1.92. The summed E-state index contributed by atoms with van der Waals surface area (Å²) in [4.78, 5) is 0. The average Bonchev–Trinajstić information content (AvgIpc) is 2.26. The van der Waals surface area contributed by atoms with Crippen LogP contribution in [-0.2, 0) is 5.75 Å². The lowest BCUT2D eigenvalue weighted by Gasteiger charge is -2.03. The minimum absolute atomic E-state index is 0.331. The van der Waals surface area contributed by atoms with Gasteiger partial charge in [0.2, 0.25) is 0 Å². The summed E-state index contributed by atoms with van der Waals surface area (Å²) in [6, 6.07) is 9.49. The maximum atomic E-state index is 8.48. The van der Waals surface area contributed by atoms with Crippen molar-refractivity contribution < 1.29 is 0 Å². The molecule has 15 heavy (non-hydrogen) atoms. The third kappa shape index (κ3) is 5.08. The minimum atomic E-state index is -0.331. The molecule has 1 aromatic carbocycles. The number of thioether (sulfide) groups is 1. The Labute approximate surface area is 99.4 Å². The number of benzene rings is 1. The second-order valence-electron chi connectivity index (χ2n) is 3.20. The minimum Gasteiger partial charge on any atom is -0.316 e. The highest BCUT2D eigenvalue weighted by atomic mass is 35.5. The Bertz CT molecular complexity index is 331. The van der Waals surface area contributed by atoms with Crippen molar-refractivity contribution in [3.8, 4) is 6.07 Å². The predicted molar refractivity (Wildman–Crippen MR) is 65.8 cm³/mol. The summed E-state index contributed by atoms with van der Waals surface area (Å²) in [6.07, 6.45) is 0.745. The van der Waals surface area contributed by atoms with E-state index in [-0.39, 0.29) is 6.04 Å². The van der Waals surface area contributed by atoms with E-state index in [0.717, 1.165) is 22.9 Å². The maximum absolute atomic E-state index is 8.48. The van der Waals surface area contributed by atoms with Gasteiger partial charge in [-0.25, -0.2) is 0 Å². The number of nitriles is 1. The van der Waals surface area contributed by atoms with E-state index in [4.69, 9.17) is 22.6 Å². The van der Waals surface area contributed by atoms with E-state index in [1.165, 1.54) is 5.56 Å². The van der Waals surface area contributed by atoms with Gasteiger partial charge in [-0.1, -0.05) is 23.7 Å². The highest BCUT2D eigenvalue weighted by Crippen LogP contribution is 2.16. The van der Waals surface area contributed by atoms with Crippen molar-refractivity contribution in [1.82, 2.24) is 0 Å². The molecule has 0 fully saturated rings. The Morgan fingerprint density at radius 2 is 2.07 bits per heavy atom. The zero-order chi connectivity index (χ0) is 11.1. The van der Waals surface area contributed by atoms with Crippen LogP contribution in [0.15, 0.2) is 24.3 Å². The van der Waals surface area contributed by atoms with Gasteiger partial charge in [-0.3, -0.25) is 0 Å². The van der Waals surface area contributed by atoms with E-state index in [2.05, 4.69) is 0 Å². The molecule has 1 atom stereocenters. The standard InChI is InChI=1S/C11H13ClN2S/c12-10-3-1-9(2-4-10)8-15-6-5-11(14)7-13/h1-4,11H,5-6,8,14H2. The summed E-state index contributed by atoms with van der Waals surface area (Å²) in [5, 5.41) is 9.24. The summed E-state index contributed by atoms with van der Waals surface area (Å²) in [6.45, 7) is 0. The van der Waals surface area contributed by atoms with E-state index < -0.39 is 0 Å². The van der Waals surface area contributed by atoms with Crippen molar-refractivity contribution in [2.24, 2.45) is 5.73 Å². The molecule has 0 heterocycles. The monoisotopic (exact) mass is 240 g/mol. The fraction of sp³-hybridized carbons (Fsp3) is 0.364. The number of hydrogen-bond donors (Lipinski definition) is 1. The van der Waals surface area contributed by atoms with E-state index in [1.807, 2.05) is 30.3 Å². The Kier molecular flexibility index (Phi) is 5.56. The molecule has 0 spiro atoms. The molecule has 1 rings (SSSR count). The lowest BCUT2D eigenvalue weighted by Crippen LogP contribution is -2.17. The Hall–Kier alpha value is -0.690. The molecule has 1 unspecified atom stereocenters. The zero-order valence-corrected chi connectivity index (χ0v) is 9.89. The van der Waals surface area contributed by atoms with Crippen molar-refractivity contribution in [2.75, 3.05) is 5.75 Å². The lowest BCUT2D eigenvalue weighted by molar-refractivity contribution is 0.803. The van der Waals surface area contributed by atoms with E-state index >= 15 is 0 Å². The van der Waals surface area contributed by atoms with Crippen LogP contribution in [0.1, 0.15) is 12.0 Å². The van der Waals surface area contributed by atoms with E-state index in [9.17, 15) is 0 Å². The molecule has 0 aliphatic rings. The third-order valence-corrected chi connectivity index (χ3v) is 3.23. The van der Waals surface area contributed by atoms with Crippen LogP contribution in [0, 0.1) is 11.3 Å². The van der Waals surface area contributed by atoms with Gasteiger partial charge >= 0.3 is 0 Å². The quantitative estimate of drug-likeness (QED) is 0.806. The maximum Gasteiger partial charge on any atom is 0.0935 e. The fourth-order valence-electron chi connectivity index (χ4n) is 1.05. The van der Waals surface area contributed by atoms with Gasteiger partial charge in [-0.05, 0) is 29.9 Å². The SMILES string of the molecule is N#CC(N)CCSCc1ccc(Cl)cc1. The van der Waals surface area contributed by atoms with Crippen LogP contribution in [0.2, 0.25) is 5.02 Å². The summed E-state index contributed by atoms with van der Waals surface area (Å²) in [5.74, 6) is 1.85. The highest BCUT2D eigenvalue weighted by Gasteiger charge is 1.99. The highest BCUT2D eigenvalue weighted by molar-refractivity contribution is 7.98. The molecule has 4 heteroatoms. The van der Waals surface area contributed by atoms with Gasteiger partial charge in [-0.15, -0.1) is 0 Å². The number of nitrogens with two attached hydrogens (primary N) is 1. The molecule has 0 amide bonds. The van der Waals surface area contributed by atoms with E-state index in [1.54, 1.807) is 11.8 Å². The van der Waals surface area contributed by atoms with Crippen molar-refractivity contribution >= 4 is 23.4 Å². The molecule has 2 N–H and O–H groups in total. The molecule has 0 radical (unpaired) electrons. The van der Waals surface area contributed by atoms with Crippen LogP contribution in [0.3, 0.4) is 0 Å².